The Kier molecular flexibility index (Phi) is 3.01. The van der Waals surface area contributed by atoms with E-state index in [0.717, 1.165) is 11.4 Å². The molecule has 0 heterocycles. The van der Waals surface area contributed by atoms with E-state index >= 15 is 0 Å². The van der Waals surface area contributed by atoms with Gasteiger partial charge < -0.3 is 10.2 Å². The van der Waals surface area contributed by atoms with Crippen LogP contribution in [-0.2, 0) is 0 Å². The number of nitrogens with one attached hydrogen (secondary N) is 1. The molecule has 106 valence electrons. The fourth-order valence-electron chi connectivity index (χ4n) is 2.70. The van der Waals surface area contributed by atoms with Gasteiger partial charge in [-0.1, -0.05) is 24.3 Å². The van der Waals surface area contributed by atoms with Gasteiger partial charge in [0.25, 0.3) is 0 Å². The Labute approximate surface area is 123 Å². The van der Waals surface area contributed by atoms with Crippen LogP contribution < -0.4 is 10.2 Å². The second kappa shape index (κ2) is 4.74. The molecule has 0 spiro atoms. The number of hydrogen-bond donors (Lipinski definition) is 1. The predicted molar refractivity (Wildman–Crippen MR) is 83.6 cm³/mol. The van der Waals surface area contributed by atoms with E-state index in [0.29, 0.717) is 22.3 Å². The summed E-state index contributed by atoms with van der Waals surface area (Å²) in [6.45, 7) is 0. The van der Waals surface area contributed by atoms with Crippen LogP contribution in [0.15, 0.2) is 36.4 Å². The highest BCUT2D eigenvalue weighted by atomic mass is 16.1. The van der Waals surface area contributed by atoms with Crippen molar-refractivity contribution in [2.45, 2.75) is 0 Å². The second-order valence-electron chi connectivity index (χ2n) is 5.26. The summed E-state index contributed by atoms with van der Waals surface area (Å²) < 4.78 is 0. The van der Waals surface area contributed by atoms with E-state index < -0.39 is 0 Å². The summed E-state index contributed by atoms with van der Waals surface area (Å²) in [6.07, 6.45) is 0. The highest BCUT2D eigenvalue weighted by Gasteiger charge is 2.30. The molecular weight excluding hydrogens is 264 g/mol. The molecule has 1 aliphatic rings. The highest BCUT2D eigenvalue weighted by molar-refractivity contribution is 6.29. The quantitative estimate of drug-likeness (QED) is 0.784. The minimum atomic E-state index is -0.0954. The third-order valence-electron chi connectivity index (χ3n) is 3.79. The van der Waals surface area contributed by atoms with Gasteiger partial charge in [0.1, 0.15) is 0 Å². The molecule has 2 aromatic rings. The number of fused-ring (bicyclic) bond motifs is 2. The zero-order chi connectivity index (χ0) is 15.1. The van der Waals surface area contributed by atoms with E-state index in [2.05, 4.69) is 5.32 Å². The SMILES string of the molecule is CNc1cc2c(cc1N(C)C)C(=O)c1ccccc1C2=O. The maximum Gasteiger partial charge on any atom is 0.194 e. The zero-order valence-corrected chi connectivity index (χ0v) is 12.2. The van der Waals surface area contributed by atoms with E-state index in [1.807, 2.05) is 19.0 Å². The number of rotatable bonds is 2. The van der Waals surface area contributed by atoms with Gasteiger partial charge in [0.2, 0.25) is 0 Å². The van der Waals surface area contributed by atoms with Crippen molar-refractivity contribution in [2.24, 2.45) is 0 Å². The Morgan fingerprint density at radius 2 is 1.38 bits per heavy atom. The molecule has 0 saturated carbocycles. The standard InChI is InChI=1S/C17H16N2O2/c1-18-14-8-12-13(9-15(14)19(2)3)17(21)11-7-5-4-6-10(11)16(12)20/h4-9,18H,1-3H3. The van der Waals surface area contributed by atoms with Crippen LogP contribution in [0, 0.1) is 0 Å². The van der Waals surface area contributed by atoms with Gasteiger partial charge in [-0.15, -0.1) is 0 Å². The van der Waals surface area contributed by atoms with Gasteiger partial charge in [0.05, 0.1) is 11.4 Å². The molecule has 0 atom stereocenters. The van der Waals surface area contributed by atoms with Crippen LogP contribution in [-0.4, -0.2) is 32.7 Å². The molecule has 0 aliphatic heterocycles. The molecule has 0 amide bonds. The van der Waals surface area contributed by atoms with Crippen LogP contribution in [0.5, 0.6) is 0 Å². The topological polar surface area (TPSA) is 49.4 Å². The van der Waals surface area contributed by atoms with Gasteiger partial charge in [-0.25, -0.2) is 0 Å². The van der Waals surface area contributed by atoms with E-state index in [9.17, 15) is 9.59 Å². The van der Waals surface area contributed by atoms with Crippen molar-refractivity contribution in [3.05, 3.63) is 58.7 Å². The first-order chi connectivity index (χ1) is 10.0. The molecule has 21 heavy (non-hydrogen) atoms. The Morgan fingerprint density at radius 3 is 1.86 bits per heavy atom. The number of benzene rings is 2. The molecule has 4 heteroatoms. The lowest BCUT2D eigenvalue weighted by molar-refractivity contribution is 0.0979. The molecule has 0 radical (unpaired) electrons. The Hall–Kier alpha value is -2.62. The molecule has 0 unspecified atom stereocenters. The summed E-state index contributed by atoms with van der Waals surface area (Å²) in [5.41, 5.74) is 3.62. The average Bonchev–Trinajstić information content (AvgIpc) is 2.51. The first-order valence-electron chi connectivity index (χ1n) is 6.76. The molecule has 0 fully saturated rings. The Bertz CT molecular complexity index is 763. The molecule has 3 rings (SSSR count). The molecule has 2 aromatic carbocycles. The lowest BCUT2D eigenvalue weighted by Gasteiger charge is -2.23. The smallest absolute Gasteiger partial charge is 0.194 e. The van der Waals surface area contributed by atoms with Gasteiger partial charge in [-0.3, -0.25) is 9.59 Å². The van der Waals surface area contributed by atoms with Crippen molar-refractivity contribution in [1.29, 1.82) is 0 Å². The van der Waals surface area contributed by atoms with Crippen LogP contribution in [0.3, 0.4) is 0 Å². The van der Waals surface area contributed by atoms with Crippen molar-refractivity contribution >= 4 is 22.9 Å². The van der Waals surface area contributed by atoms with Crippen LogP contribution in [0.4, 0.5) is 11.4 Å². The summed E-state index contributed by atoms with van der Waals surface area (Å²) in [7, 11) is 5.62. The van der Waals surface area contributed by atoms with E-state index in [4.69, 9.17) is 0 Å². The number of nitrogens with zero attached hydrogens (tertiary/aromatic N) is 1. The fraction of sp³-hybridized carbons (Fsp3) is 0.176. The highest BCUT2D eigenvalue weighted by Crippen LogP contribution is 2.34. The summed E-state index contributed by atoms with van der Waals surface area (Å²) in [6, 6.07) is 10.5. The summed E-state index contributed by atoms with van der Waals surface area (Å²) >= 11 is 0. The number of ketones is 2. The Balaban J connectivity index is 2.28. The first kappa shape index (κ1) is 13.4. The molecule has 0 bridgehead atoms. The van der Waals surface area contributed by atoms with Crippen molar-refractivity contribution in [3.8, 4) is 0 Å². The first-order valence-corrected chi connectivity index (χ1v) is 6.76. The minimum absolute atomic E-state index is 0.0917. The van der Waals surface area contributed by atoms with Gasteiger partial charge in [-0.2, -0.15) is 0 Å². The number of anilines is 2. The van der Waals surface area contributed by atoms with Crippen molar-refractivity contribution < 1.29 is 9.59 Å². The number of hydrogen-bond acceptors (Lipinski definition) is 4. The van der Waals surface area contributed by atoms with Crippen LogP contribution >= 0.6 is 0 Å². The zero-order valence-electron chi connectivity index (χ0n) is 12.2. The Morgan fingerprint density at radius 1 is 0.857 bits per heavy atom. The van der Waals surface area contributed by atoms with E-state index in [1.54, 1.807) is 43.4 Å². The molecule has 1 N–H and O–H groups in total. The van der Waals surface area contributed by atoms with Crippen LogP contribution in [0.1, 0.15) is 31.8 Å². The van der Waals surface area contributed by atoms with Gasteiger partial charge in [0, 0.05) is 43.4 Å². The third-order valence-corrected chi connectivity index (χ3v) is 3.79. The molecular formula is C17H16N2O2. The van der Waals surface area contributed by atoms with Gasteiger partial charge in [-0.05, 0) is 12.1 Å². The predicted octanol–water partition coefficient (Wildman–Crippen LogP) is 2.57. The third kappa shape index (κ3) is 1.91. The van der Waals surface area contributed by atoms with Crippen molar-refractivity contribution in [1.82, 2.24) is 0 Å². The summed E-state index contributed by atoms with van der Waals surface area (Å²) in [5, 5.41) is 3.08. The number of carbonyl (C=O) groups is 2. The van der Waals surface area contributed by atoms with E-state index in [-0.39, 0.29) is 11.6 Å². The van der Waals surface area contributed by atoms with Crippen LogP contribution in [0.25, 0.3) is 0 Å². The van der Waals surface area contributed by atoms with Crippen LogP contribution in [0.2, 0.25) is 0 Å². The van der Waals surface area contributed by atoms with Crippen molar-refractivity contribution in [2.75, 3.05) is 31.4 Å². The van der Waals surface area contributed by atoms with Crippen molar-refractivity contribution in [3.63, 3.8) is 0 Å². The lowest BCUT2D eigenvalue weighted by atomic mass is 9.83. The largest absolute Gasteiger partial charge is 0.386 e. The summed E-state index contributed by atoms with van der Waals surface area (Å²) in [4.78, 5) is 27.2. The van der Waals surface area contributed by atoms with Gasteiger partial charge in [0.15, 0.2) is 11.6 Å². The van der Waals surface area contributed by atoms with E-state index in [1.165, 1.54) is 0 Å². The van der Waals surface area contributed by atoms with Gasteiger partial charge >= 0.3 is 0 Å². The summed E-state index contributed by atoms with van der Waals surface area (Å²) in [5.74, 6) is -0.187. The maximum absolute atomic E-state index is 12.6. The molecule has 0 saturated heterocycles. The minimum Gasteiger partial charge on any atom is -0.386 e. The fourth-order valence-corrected chi connectivity index (χ4v) is 2.70. The monoisotopic (exact) mass is 280 g/mol. The second-order valence-corrected chi connectivity index (χ2v) is 5.26. The number of carbonyl (C=O) groups excluding carboxylic acids is 2. The lowest BCUT2D eigenvalue weighted by Crippen LogP contribution is -2.22. The molecule has 4 nitrogen and oxygen atoms in total. The molecule has 1 aliphatic carbocycles. The average molecular weight is 280 g/mol. The molecule has 0 aromatic heterocycles. The normalized spacial score (nSPS) is 12.7. The maximum atomic E-state index is 12.6.